The third kappa shape index (κ3) is 4.14. The van der Waals surface area contributed by atoms with E-state index >= 15 is 0 Å². The maximum absolute atomic E-state index is 12.5. The Labute approximate surface area is 151 Å². The number of para-hydroxylation sites is 1. The topological polar surface area (TPSA) is 58.1 Å². The van der Waals surface area contributed by atoms with Crippen molar-refractivity contribution in [3.63, 3.8) is 0 Å². The second kappa shape index (κ2) is 7.77. The molecule has 0 bridgehead atoms. The Hall–Kier alpha value is -2.92. The minimum Gasteiger partial charge on any atom is -0.321 e. The Balaban J connectivity index is 1.84. The average molecular weight is 353 g/mol. The summed E-state index contributed by atoms with van der Waals surface area (Å²) in [5.41, 5.74) is 1.88. The molecule has 0 radical (unpaired) electrons. The van der Waals surface area contributed by atoms with Crippen LogP contribution in [-0.4, -0.2) is 22.4 Å². The van der Waals surface area contributed by atoms with Gasteiger partial charge < -0.3 is 10.2 Å². The Morgan fingerprint density at radius 1 is 1.12 bits per heavy atom. The number of aromatic nitrogens is 2. The van der Waals surface area contributed by atoms with E-state index in [1.807, 2.05) is 42.2 Å². The van der Waals surface area contributed by atoms with E-state index in [1.54, 1.807) is 36.5 Å². The number of nitrogens with zero attached hydrogens (tertiary/aromatic N) is 3. The van der Waals surface area contributed by atoms with Crippen molar-refractivity contribution in [3.8, 4) is 0 Å². The number of anilines is 3. The van der Waals surface area contributed by atoms with Gasteiger partial charge in [-0.3, -0.25) is 4.79 Å². The first kappa shape index (κ1) is 16.9. The van der Waals surface area contributed by atoms with E-state index in [4.69, 9.17) is 11.6 Å². The number of amides is 1. The zero-order chi connectivity index (χ0) is 17.6. The van der Waals surface area contributed by atoms with Crippen molar-refractivity contribution in [2.45, 2.75) is 6.92 Å². The molecule has 0 aliphatic heterocycles. The Morgan fingerprint density at radius 2 is 1.92 bits per heavy atom. The monoisotopic (exact) mass is 352 g/mol. The van der Waals surface area contributed by atoms with Crippen LogP contribution in [0.4, 0.5) is 17.3 Å². The van der Waals surface area contributed by atoms with Gasteiger partial charge in [0.2, 0.25) is 5.95 Å². The minimum absolute atomic E-state index is 0.291. The SMILES string of the molecule is CCN(c1ccccc1)c1nccc(C(=O)Nc2cccc(Cl)c2)n1. The van der Waals surface area contributed by atoms with Crippen LogP contribution in [0.3, 0.4) is 0 Å². The van der Waals surface area contributed by atoms with Crippen molar-refractivity contribution >= 4 is 34.8 Å². The van der Waals surface area contributed by atoms with E-state index in [9.17, 15) is 4.79 Å². The predicted molar refractivity (Wildman–Crippen MR) is 101 cm³/mol. The maximum atomic E-state index is 12.5. The van der Waals surface area contributed by atoms with Crippen molar-refractivity contribution < 1.29 is 4.79 Å². The molecule has 3 aromatic rings. The molecule has 1 amide bonds. The molecule has 1 heterocycles. The zero-order valence-electron chi connectivity index (χ0n) is 13.7. The van der Waals surface area contributed by atoms with Gasteiger partial charge in [0.1, 0.15) is 5.69 Å². The van der Waals surface area contributed by atoms with E-state index < -0.39 is 0 Å². The third-order valence-corrected chi connectivity index (χ3v) is 3.82. The molecular weight excluding hydrogens is 336 g/mol. The summed E-state index contributed by atoms with van der Waals surface area (Å²) in [6, 6.07) is 18.4. The van der Waals surface area contributed by atoms with Crippen LogP contribution in [0.5, 0.6) is 0 Å². The lowest BCUT2D eigenvalue weighted by molar-refractivity contribution is 0.102. The standard InChI is InChI=1S/C19H17ClN4O/c1-2-24(16-9-4-3-5-10-16)19-21-12-11-17(23-19)18(25)22-15-8-6-7-14(20)13-15/h3-13H,2H2,1H3,(H,22,25). The van der Waals surface area contributed by atoms with Gasteiger partial charge in [-0.2, -0.15) is 0 Å². The van der Waals surface area contributed by atoms with E-state index in [2.05, 4.69) is 15.3 Å². The number of carbonyl (C=O) groups excluding carboxylic acids is 1. The molecule has 6 heteroatoms. The van der Waals surface area contributed by atoms with Gasteiger partial charge in [0, 0.05) is 29.1 Å². The summed E-state index contributed by atoms with van der Waals surface area (Å²) < 4.78 is 0. The predicted octanol–water partition coefficient (Wildman–Crippen LogP) is 4.54. The van der Waals surface area contributed by atoms with Crippen molar-refractivity contribution in [1.29, 1.82) is 0 Å². The fourth-order valence-electron chi connectivity index (χ4n) is 2.41. The molecule has 1 N–H and O–H groups in total. The summed E-state index contributed by atoms with van der Waals surface area (Å²) in [4.78, 5) is 23.1. The number of benzene rings is 2. The molecule has 5 nitrogen and oxygen atoms in total. The zero-order valence-corrected chi connectivity index (χ0v) is 14.4. The fraction of sp³-hybridized carbons (Fsp3) is 0.105. The smallest absolute Gasteiger partial charge is 0.274 e. The second-order valence-corrected chi connectivity index (χ2v) is 5.72. The van der Waals surface area contributed by atoms with Gasteiger partial charge in [-0.25, -0.2) is 9.97 Å². The van der Waals surface area contributed by atoms with Crippen LogP contribution in [0.15, 0.2) is 66.9 Å². The van der Waals surface area contributed by atoms with Crippen LogP contribution in [0.1, 0.15) is 17.4 Å². The first-order chi connectivity index (χ1) is 12.2. The van der Waals surface area contributed by atoms with E-state index in [1.165, 1.54) is 0 Å². The molecule has 0 aliphatic rings. The van der Waals surface area contributed by atoms with Gasteiger partial charge >= 0.3 is 0 Å². The van der Waals surface area contributed by atoms with Crippen molar-refractivity contribution in [3.05, 3.63) is 77.6 Å². The van der Waals surface area contributed by atoms with Gasteiger partial charge in [0.15, 0.2) is 0 Å². The molecule has 2 aromatic carbocycles. The number of rotatable bonds is 5. The maximum Gasteiger partial charge on any atom is 0.274 e. The first-order valence-electron chi connectivity index (χ1n) is 7.90. The quantitative estimate of drug-likeness (QED) is 0.732. The number of nitrogens with one attached hydrogen (secondary N) is 1. The van der Waals surface area contributed by atoms with E-state index in [-0.39, 0.29) is 5.91 Å². The number of hydrogen-bond donors (Lipinski definition) is 1. The highest BCUT2D eigenvalue weighted by atomic mass is 35.5. The van der Waals surface area contributed by atoms with Crippen LogP contribution < -0.4 is 10.2 Å². The molecule has 0 fully saturated rings. The summed E-state index contributed by atoms with van der Waals surface area (Å²) >= 11 is 5.94. The lowest BCUT2D eigenvalue weighted by Crippen LogP contribution is -2.21. The van der Waals surface area contributed by atoms with Crippen LogP contribution in [0, 0.1) is 0 Å². The highest BCUT2D eigenvalue weighted by molar-refractivity contribution is 6.30. The summed E-state index contributed by atoms with van der Waals surface area (Å²) in [6.45, 7) is 2.69. The van der Waals surface area contributed by atoms with Crippen LogP contribution >= 0.6 is 11.6 Å². The number of carbonyl (C=O) groups is 1. The van der Waals surface area contributed by atoms with Gasteiger partial charge in [0.25, 0.3) is 5.91 Å². The number of halogens is 1. The summed E-state index contributed by atoms with van der Waals surface area (Å²) in [7, 11) is 0. The summed E-state index contributed by atoms with van der Waals surface area (Å²) in [6.07, 6.45) is 1.58. The average Bonchev–Trinajstić information content (AvgIpc) is 2.63. The summed E-state index contributed by atoms with van der Waals surface area (Å²) in [5, 5.41) is 3.35. The van der Waals surface area contributed by atoms with Crippen LogP contribution in [0.25, 0.3) is 0 Å². The lowest BCUT2D eigenvalue weighted by Gasteiger charge is -2.21. The fourth-order valence-corrected chi connectivity index (χ4v) is 2.60. The molecule has 126 valence electrons. The minimum atomic E-state index is -0.310. The molecule has 1 aromatic heterocycles. The molecule has 0 spiro atoms. The molecule has 3 rings (SSSR count). The van der Waals surface area contributed by atoms with E-state index in [0.717, 1.165) is 5.69 Å². The normalized spacial score (nSPS) is 10.3. The van der Waals surface area contributed by atoms with Crippen LogP contribution in [-0.2, 0) is 0 Å². The first-order valence-corrected chi connectivity index (χ1v) is 8.27. The largest absolute Gasteiger partial charge is 0.321 e. The Bertz CT molecular complexity index is 870. The molecular formula is C19H17ClN4O. The molecule has 0 saturated carbocycles. The lowest BCUT2D eigenvalue weighted by atomic mass is 10.3. The second-order valence-electron chi connectivity index (χ2n) is 5.29. The molecule has 0 atom stereocenters. The highest BCUT2D eigenvalue weighted by Gasteiger charge is 2.14. The van der Waals surface area contributed by atoms with Gasteiger partial charge in [-0.05, 0) is 43.3 Å². The molecule has 25 heavy (non-hydrogen) atoms. The number of hydrogen-bond acceptors (Lipinski definition) is 4. The summed E-state index contributed by atoms with van der Waals surface area (Å²) in [5.74, 6) is 0.169. The third-order valence-electron chi connectivity index (χ3n) is 3.58. The Morgan fingerprint density at radius 3 is 2.64 bits per heavy atom. The van der Waals surface area contributed by atoms with Crippen molar-refractivity contribution in [2.75, 3.05) is 16.8 Å². The Kier molecular flexibility index (Phi) is 5.26. The molecule has 0 unspecified atom stereocenters. The van der Waals surface area contributed by atoms with Gasteiger partial charge in [0.05, 0.1) is 0 Å². The van der Waals surface area contributed by atoms with Gasteiger partial charge in [-0.1, -0.05) is 35.9 Å². The van der Waals surface area contributed by atoms with E-state index in [0.29, 0.717) is 28.9 Å². The molecule has 0 aliphatic carbocycles. The van der Waals surface area contributed by atoms with Gasteiger partial charge in [-0.15, -0.1) is 0 Å². The van der Waals surface area contributed by atoms with Crippen LogP contribution in [0.2, 0.25) is 5.02 Å². The highest BCUT2D eigenvalue weighted by Crippen LogP contribution is 2.21. The van der Waals surface area contributed by atoms with Crippen molar-refractivity contribution in [1.82, 2.24) is 9.97 Å². The molecule has 0 saturated heterocycles. The van der Waals surface area contributed by atoms with Crippen molar-refractivity contribution in [2.24, 2.45) is 0 Å².